The first-order chi connectivity index (χ1) is 11.1. The Balaban J connectivity index is 1.88. The number of hydrogen-bond donors (Lipinski definition) is 1. The fourth-order valence-corrected chi connectivity index (χ4v) is 3.51. The number of nitrogens with one attached hydrogen (secondary N) is 1. The number of carboxylic acids is 1. The summed E-state index contributed by atoms with van der Waals surface area (Å²) in [5.41, 5.74) is 2.89. The van der Waals surface area contributed by atoms with Crippen molar-refractivity contribution in [2.45, 2.75) is 38.9 Å². The van der Waals surface area contributed by atoms with E-state index in [1.807, 2.05) is 32.0 Å². The predicted molar refractivity (Wildman–Crippen MR) is 83.6 cm³/mol. The molecular formula is C18H20NO4-. The minimum atomic E-state index is -1.23. The molecule has 23 heavy (non-hydrogen) atoms. The molecule has 5 heteroatoms. The van der Waals surface area contributed by atoms with E-state index in [1.165, 1.54) is 0 Å². The minimum absolute atomic E-state index is 0.313. The first kappa shape index (κ1) is 15.7. The van der Waals surface area contributed by atoms with Gasteiger partial charge in [-0.2, -0.15) is 0 Å². The van der Waals surface area contributed by atoms with Crippen molar-refractivity contribution in [2.75, 3.05) is 5.32 Å². The molecule has 0 aliphatic carbocycles. The van der Waals surface area contributed by atoms with E-state index in [0.717, 1.165) is 29.7 Å². The molecule has 3 rings (SSSR count). The molecule has 1 N–H and O–H groups in total. The number of anilines is 1. The monoisotopic (exact) mass is 314 g/mol. The number of para-hydroxylation sites is 1. The maximum atomic E-state index is 12.7. The molecule has 1 aromatic carbocycles. The smallest absolute Gasteiger partial charge is 0.231 e. The van der Waals surface area contributed by atoms with Gasteiger partial charge in [0.15, 0.2) is 0 Å². The molecule has 0 spiro atoms. The maximum absolute atomic E-state index is 12.7. The molecule has 5 nitrogen and oxygen atoms in total. The quantitative estimate of drug-likeness (QED) is 0.825. The summed E-state index contributed by atoms with van der Waals surface area (Å²) < 4.78 is 5.54. The van der Waals surface area contributed by atoms with Crippen molar-refractivity contribution in [3.63, 3.8) is 0 Å². The lowest BCUT2D eigenvalue weighted by Gasteiger charge is -2.26. The molecule has 2 aliphatic heterocycles. The van der Waals surface area contributed by atoms with E-state index in [0.29, 0.717) is 0 Å². The van der Waals surface area contributed by atoms with Gasteiger partial charge in [-0.1, -0.05) is 44.2 Å². The molecule has 0 saturated carbocycles. The third-order valence-corrected chi connectivity index (χ3v) is 4.72. The SMILES string of the molecule is CCc1cccc(CC)c1NC(=O)[C@H]1[C@@H](C(=O)[O-])[C@@H]2C=C[C@H]1O2. The Morgan fingerprint density at radius 3 is 2.17 bits per heavy atom. The second-order valence-electron chi connectivity index (χ2n) is 5.97. The first-order valence-corrected chi connectivity index (χ1v) is 8.03. The van der Waals surface area contributed by atoms with Crippen LogP contribution in [0.15, 0.2) is 30.4 Å². The number of aliphatic carboxylic acids is 1. The predicted octanol–water partition coefficient (Wildman–Crippen LogP) is 1.07. The van der Waals surface area contributed by atoms with Gasteiger partial charge in [0.1, 0.15) is 0 Å². The van der Waals surface area contributed by atoms with Crippen LogP contribution in [0.5, 0.6) is 0 Å². The fraction of sp³-hybridized carbons (Fsp3) is 0.444. The van der Waals surface area contributed by atoms with Crippen molar-refractivity contribution in [3.05, 3.63) is 41.5 Å². The molecule has 0 radical (unpaired) electrons. The second kappa shape index (κ2) is 6.16. The number of carbonyl (C=O) groups is 2. The molecule has 122 valence electrons. The van der Waals surface area contributed by atoms with E-state index in [4.69, 9.17) is 4.74 Å². The Labute approximate surface area is 135 Å². The molecule has 4 atom stereocenters. The Kier molecular flexibility index (Phi) is 4.22. The lowest BCUT2D eigenvalue weighted by Crippen LogP contribution is -2.45. The Hall–Kier alpha value is -2.14. The molecule has 2 bridgehead atoms. The van der Waals surface area contributed by atoms with E-state index in [-0.39, 0.29) is 5.91 Å². The fourth-order valence-electron chi connectivity index (χ4n) is 3.51. The van der Waals surface area contributed by atoms with Crippen LogP contribution in [0.3, 0.4) is 0 Å². The second-order valence-corrected chi connectivity index (χ2v) is 5.97. The highest BCUT2D eigenvalue weighted by atomic mass is 16.5. The number of fused-ring (bicyclic) bond motifs is 2. The summed E-state index contributed by atoms with van der Waals surface area (Å²) in [5.74, 6) is -3.22. The zero-order valence-electron chi connectivity index (χ0n) is 13.2. The zero-order chi connectivity index (χ0) is 16.6. The van der Waals surface area contributed by atoms with Crippen LogP contribution in [-0.2, 0) is 27.2 Å². The lowest BCUT2D eigenvalue weighted by atomic mass is 9.82. The molecule has 1 fully saturated rings. The number of aryl methyl sites for hydroxylation is 2. The van der Waals surface area contributed by atoms with Gasteiger partial charge in [-0.15, -0.1) is 0 Å². The maximum Gasteiger partial charge on any atom is 0.231 e. The zero-order valence-corrected chi connectivity index (χ0v) is 13.2. The van der Waals surface area contributed by atoms with Crippen LogP contribution in [0.4, 0.5) is 5.69 Å². The van der Waals surface area contributed by atoms with Gasteiger partial charge in [-0.05, 0) is 24.0 Å². The van der Waals surface area contributed by atoms with Crippen LogP contribution >= 0.6 is 0 Å². The molecular weight excluding hydrogens is 294 g/mol. The summed E-state index contributed by atoms with van der Waals surface area (Å²) in [5, 5.41) is 14.3. The minimum Gasteiger partial charge on any atom is -0.550 e. The summed E-state index contributed by atoms with van der Waals surface area (Å²) >= 11 is 0. The number of rotatable bonds is 5. The molecule has 0 aromatic heterocycles. The van der Waals surface area contributed by atoms with Crippen LogP contribution in [0.25, 0.3) is 0 Å². The summed E-state index contributed by atoms with van der Waals surface area (Å²) in [6.45, 7) is 4.05. The highest BCUT2D eigenvalue weighted by molar-refractivity contribution is 5.97. The van der Waals surface area contributed by atoms with Crippen LogP contribution in [-0.4, -0.2) is 24.1 Å². The largest absolute Gasteiger partial charge is 0.550 e. The van der Waals surface area contributed by atoms with Gasteiger partial charge in [0, 0.05) is 17.6 Å². The van der Waals surface area contributed by atoms with E-state index < -0.39 is 30.0 Å². The first-order valence-electron chi connectivity index (χ1n) is 8.03. The molecule has 1 aromatic rings. The van der Waals surface area contributed by atoms with Crippen LogP contribution in [0.1, 0.15) is 25.0 Å². The summed E-state index contributed by atoms with van der Waals surface area (Å²) in [4.78, 5) is 24.1. The van der Waals surface area contributed by atoms with Crippen LogP contribution in [0.2, 0.25) is 0 Å². The Bertz CT molecular complexity index is 645. The van der Waals surface area contributed by atoms with E-state index in [1.54, 1.807) is 12.2 Å². The number of hydrogen-bond acceptors (Lipinski definition) is 4. The number of amides is 1. The number of carboxylic acid groups (broad SMARTS) is 1. The van der Waals surface area contributed by atoms with Crippen molar-refractivity contribution in [3.8, 4) is 0 Å². The summed E-state index contributed by atoms with van der Waals surface area (Å²) in [6, 6.07) is 5.92. The van der Waals surface area contributed by atoms with Gasteiger partial charge in [-0.25, -0.2) is 0 Å². The number of carbonyl (C=O) groups excluding carboxylic acids is 2. The van der Waals surface area contributed by atoms with Gasteiger partial charge in [0.05, 0.1) is 18.1 Å². The van der Waals surface area contributed by atoms with Gasteiger partial charge in [-0.3, -0.25) is 4.79 Å². The molecule has 2 heterocycles. The van der Waals surface area contributed by atoms with Crippen molar-refractivity contribution < 1.29 is 19.4 Å². The van der Waals surface area contributed by atoms with Crippen molar-refractivity contribution in [1.82, 2.24) is 0 Å². The molecule has 2 aliphatic rings. The van der Waals surface area contributed by atoms with Crippen molar-refractivity contribution >= 4 is 17.6 Å². The highest BCUT2D eigenvalue weighted by Crippen LogP contribution is 2.39. The lowest BCUT2D eigenvalue weighted by molar-refractivity contribution is -0.313. The topological polar surface area (TPSA) is 78.5 Å². The Morgan fingerprint density at radius 2 is 1.65 bits per heavy atom. The summed E-state index contributed by atoms with van der Waals surface area (Å²) in [7, 11) is 0. The molecule has 0 unspecified atom stereocenters. The van der Waals surface area contributed by atoms with E-state index in [9.17, 15) is 14.7 Å². The highest BCUT2D eigenvalue weighted by Gasteiger charge is 2.50. The molecule has 1 amide bonds. The average molecular weight is 314 g/mol. The van der Waals surface area contributed by atoms with Gasteiger partial charge >= 0.3 is 0 Å². The van der Waals surface area contributed by atoms with E-state index in [2.05, 4.69) is 5.32 Å². The van der Waals surface area contributed by atoms with Gasteiger partial charge in [0.25, 0.3) is 0 Å². The Morgan fingerprint density at radius 1 is 1.09 bits per heavy atom. The van der Waals surface area contributed by atoms with Gasteiger partial charge < -0.3 is 20.0 Å². The third-order valence-electron chi connectivity index (χ3n) is 4.72. The molecule has 1 saturated heterocycles. The third kappa shape index (κ3) is 2.65. The van der Waals surface area contributed by atoms with Crippen molar-refractivity contribution in [2.24, 2.45) is 11.8 Å². The van der Waals surface area contributed by atoms with E-state index >= 15 is 0 Å². The van der Waals surface area contributed by atoms with Gasteiger partial charge in [0.2, 0.25) is 5.91 Å². The number of ether oxygens (including phenoxy) is 1. The van der Waals surface area contributed by atoms with Crippen LogP contribution < -0.4 is 10.4 Å². The van der Waals surface area contributed by atoms with Crippen LogP contribution in [0, 0.1) is 11.8 Å². The number of benzene rings is 1. The normalized spacial score (nSPS) is 28.1. The average Bonchev–Trinajstić information content (AvgIpc) is 3.15. The summed E-state index contributed by atoms with van der Waals surface area (Å²) in [6.07, 6.45) is 4.00. The van der Waals surface area contributed by atoms with Crippen molar-refractivity contribution in [1.29, 1.82) is 0 Å². The standard InChI is InChI=1S/C18H21NO4/c1-3-10-6-5-7-11(4-2)16(10)19-17(20)14-12-8-9-13(23-12)15(14)18(21)22/h5-9,12-15H,3-4H2,1-2H3,(H,19,20)(H,21,22)/p-1/t12-,13+,14-,15+/m1/s1.